The maximum Gasteiger partial charge on any atom is 0.346 e. The number of ether oxygens (including phenoxy) is 8. The lowest BCUT2D eigenvalue weighted by Gasteiger charge is -2.46. The molecule has 8 bridgehead atoms. The molecule has 0 amide bonds. The minimum atomic E-state index is -2.28. The van der Waals surface area contributed by atoms with Gasteiger partial charge in [0, 0.05) is 25.7 Å². The average molecular weight is 1510 g/mol. The number of rotatable bonds is 10. The smallest absolute Gasteiger partial charge is 0.346 e. The van der Waals surface area contributed by atoms with Crippen LogP contribution >= 0.6 is 0 Å². The number of aliphatic hydroxyl groups is 14. The average Bonchev–Trinajstić information content (AvgIpc) is 1.55. The predicted octanol–water partition coefficient (Wildman–Crippen LogP) is 2.33. The van der Waals surface area contributed by atoms with Crippen LogP contribution in [0.25, 0.3) is 0 Å². The van der Waals surface area contributed by atoms with Crippen LogP contribution in [0.1, 0.15) is 94.9 Å². The van der Waals surface area contributed by atoms with Crippen LogP contribution in [-0.2, 0) is 76.3 Å². The molecule has 11 aliphatic rings. The van der Waals surface area contributed by atoms with E-state index in [0.717, 1.165) is 12.2 Å². The highest BCUT2D eigenvalue weighted by atomic mass is 16.7. The molecule has 6 heterocycles. The van der Waals surface area contributed by atoms with Gasteiger partial charge in [0.05, 0.1) is 61.3 Å². The fraction of sp³-hybridized carbons (Fsp3) is 0.538. The van der Waals surface area contributed by atoms with E-state index >= 15 is 19.2 Å². The molecule has 0 aromatic heterocycles. The third kappa shape index (κ3) is 12.7. The molecule has 108 heavy (non-hydrogen) atoms. The Balaban J connectivity index is 1.07. The summed E-state index contributed by atoms with van der Waals surface area (Å²) in [5.74, 6) is -16.4. The Morgan fingerprint density at radius 2 is 0.676 bits per heavy atom. The van der Waals surface area contributed by atoms with Crippen molar-refractivity contribution in [3.05, 3.63) is 164 Å². The Bertz CT molecular complexity index is 4030. The molecule has 0 saturated carbocycles. The van der Waals surface area contributed by atoms with Gasteiger partial charge in [0.1, 0.15) is 94.2 Å². The maximum absolute atomic E-state index is 15.5. The zero-order chi connectivity index (χ0) is 79.4. The number of ketones is 4. The third-order valence-corrected chi connectivity index (χ3v) is 24.0. The topological polar surface area (TPSA) is 494 Å². The molecule has 584 valence electrons. The van der Waals surface area contributed by atoms with E-state index in [9.17, 15) is 90.7 Å². The molecular weight excluding hydrogens is 1420 g/mol. The van der Waals surface area contributed by atoms with Crippen molar-refractivity contribution in [3.8, 4) is 0 Å². The van der Waals surface area contributed by atoms with Crippen LogP contribution in [0.15, 0.2) is 164 Å². The van der Waals surface area contributed by atoms with Gasteiger partial charge in [-0.1, -0.05) is 101 Å². The monoisotopic (exact) mass is 1510 g/mol. The van der Waals surface area contributed by atoms with Crippen molar-refractivity contribution in [2.45, 2.75) is 179 Å². The largest absolute Gasteiger partial charge is 0.507 e. The van der Waals surface area contributed by atoms with Crippen molar-refractivity contribution < 1.29 is 148 Å². The van der Waals surface area contributed by atoms with Gasteiger partial charge in [0.25, 0.3) is 0 Å². The fourth-order valence-corrected chi connectivity index (χ4v) is 17.0. The first kappa shape index (κ1) is 80.6. The summed E-state index contributed by atoms with van der Waals surface area (Å²) in [6, 6.07) is 0. The van der Waals surface area contributed by atoms with Crippen LogP contribution in [0.3, 0.4) is 0 Å². The van der Waals surface area contributed by atoms with E-state index < -0.39 is 261 Å². The number of fused-ring (bicyclic) bond motifs is 4. The van der Waals surface area contributed by atoms with Gasteiger partial charge in [-0.15, -0.1) is 0 Å². The summed E-state index contributed by atoms with van der Waals surface area (Å²) in [6.45, 7) is 11.3. The van der Waals surface area contributed by atoms with Crippen molar-refractivity contribution in [1.82, 2.24) is 0 Å². The number of hydrogen-bond donors (Lipinski definition) is 14. The lowest BCUT2D eigenvalue weighted by atomic mass is 9.60. The van der Waals surface area contributed by atoms with Crippen LogP contribution in [0.5, 0.6) is 0 Å². The van der Waals surface area contributed by atoms with E-state index in [1.165, 1.54) is 114 Å². The molecule has 0 aromatic carbocycles. The van der Waals surface area contributed by atoms with E-state index in [1.807, 2.05) is 0 Å². The molecule has 14 N–H and O–H groups in total. The van der Waals surface area contributed by atoms with Crippen molar-refractivity contribution in [2.24, 2.45) is 45.3 Å². The SMILES string of the molecule is C/C1=C\C=C\[C@]2(C)C=C(CO[C@H]3O[C@H](CO)[C@H](O)[C@H](O)[C@H]3O)[C@H](C)C[C@]23OC(=O)C(=C(O)/C=C/[C@]2(C)C=C(CO)[C@H](C)C[C@]24OC(=O)C(=C(O)/C(C)=C/C=C/[C@]2(C)C=C(CO[C@H]5O[C@H](CO)[C@H](O)[C@H](O)[C@H]5O)[C@H](C)C[C@@]25OC(=O)C(=C(O)/C=C/[C@]2(C)C=C(CO)[C@H](C)C[C@]26OC(=O)C(=C1O)C6=O)C5=O)C4=O)C3=O. The number of allylic oxidation sites excluding steroid dienone is 8. The summed E-state index contributed by atoms with van der Waals surface area (Å²) in [5.41, 5.74) is -19.0. The van der Waals surface area contributed by atoms with E-state index in [0.29, 0.717) is 22.3 Å². The van der Waals surface area contributed by atoms with Crippen molar-refractivity contribution in [2.75, 3.05) is 39.6 Å². The van der Waals surface area contributed by atoms with Gasteiger partial charge in [-0.2, -0.15) is 0 Å². The number of esters is 4. The number of aliphatic hydroxyl groups excluding tert-OH is 14. The van der Waals surface area contributed by atoms with Crippen molar-refractivity contribution in [1.29, 1.82) is 0 Å². The number of hydrogen-bond acceptors (Lipinski definition) is 30. The first-order chi connectivity index (χ1) is 50.6. The third-order valence-electron chi connectivity index (χ3n) is 24.0. The zero-order valence-corrected chi connectivity index (χ0v) is 61.0. The molecule has 4 spiro atoms. The Hall–Kier alpha value is -8.44. The van der Waals surface area contributed by atoms with Crippen LogP contribution in [0.4, 0.5) is 0 Å². The predicted molar refractivity (Wildman–Crippen MR) is 372 cm³/mol. The van der Waals surface area contributed by atoms with Gasteiger partial charge in [-0.05, 0) is 111 Å². The molecule has 6 saturated heterocycles. The van der Waals surface area contributed by atoms with Crippen molar-refractivity contribution in [3.63, 3.8) is 0 Å². The van der Waals surface area contributed by atoms with Gasteiger partial charge in [0.2, 0.25) is 23.1 Å². The summed E-state index contributed by atoms with van der Waals surface area (Å²) in [5, 5.41) is 154. The van der Waals surface area contributed by atoms with Crippen LogP contribution < -0.4 is 0 Å². The molecule has 5 aliphatic carbocycles. The minimum Gasteiger partial charge on any atom is -0.507 e. The van der Waals surface area contributed by atoms with Crippen LogP contribution in [-0.4, -0.2) is 242 Å². The lowest BCUT2D eigenvalue weighted by molar-refractivity contribution is -0.299. The number of Topliss-reactive ketones (excluding diaryl/α,β-unsaturated/α-hetero) is 4. The fourth-order valence-electron chi connectivity index (χ4n) is 17.0. The van der Waals surface area contributed by atoms with Crippen molar-refractivity contribution >= 4 is 47.0 Å². The second kappa shape index (κ2) is 29.1. The quantitative estimate of drug-likeness (QED) is 0.0646. The molecule has 6 fully saturated rings. The summed E-state index contributed by atoms with van der Waals surface area (Å²) in [7, 11) is 0. The minimum absolute atomic E-state index is 0.175. The Kier molecular flexibility index (Phi) is 21.7. The normalized spacial score (nSPS) is 43.4. The summed E-state index contributed by atoms with van der Waals surface area (Å²) >= 11 is 0. The number of carbonyl (C=O) groups excluding carboxylic acids is 8. The van der Waals surface area contributed by atoms with E-state index in [1.54, 1.807) is 27.7 Å². The maximum atomic E-state index is 15.5. The summed E-state index contributed by atoms with van der Waals surface area (Å²) in [4.78, 5) is 120. The molecule has 30 nitrogen and oxygen atoms in total. The Morgan fingerprint density at radius 1 is 0.398 bits per heavy atom. The van der Waals surface area contributed by atoms with Gasteiger partial charge >= 0.3 is 23.9 Å². The molecule has 22 atom stereocenters. The van der Waals surface area contributed by atoms with Crippen LogP contribution in [0.2, 0.25) is 0 Å². The molecule has 11 rings (SSSR count). The molecule has 30 heteroatoms. The Morgan fingerprint density at radius 3 is 0.981 bits per heavy atom. The first-order valence-corrected chi connectivity index (χ1v) is 35.5. The highest BCUT2D eigenvalue weighted by Crippen LogP contribution is 2.59. The van der Waals surface area contributed by atoms with E-state index in [2.05, 4.69) is 0 Å². The molecule has 6 aliphatic heterocycles. The Labute approximate surface area is 619 Å². The van der Waals surface area contributed by atoms with E-state index in [-0.39, 0.29) is 36.8 Å². The second-order valence-electron chi connectivity index (χ2n) is 31.0. The highest BCUT2D eigenvalue weighted by Gasteiger charge is 2.69. The molecular formula is C78H92O30. The molecule has 0 radical (unpaired) electrons. The standard InChI is InChI=1S/C78H92O30/c1-35-13-11-17-71(7)27-43(33-101-69-59(91)57(89)55(87)47(31-81)103-69)39(5)23-75(71)61(93)49(65(97)105-75)46(84)16-20-74(10)26-42(30-80)38(4)22-78(74)64(96)52(68(100)108-78)54(86)36(2)14-12-18-72(8)28-44(34-102-70-60(92)58(90)56(88)48(32-82)104-70)40(6)24-76(72)62(94)50(66(98)106-76)45(83)15-19-73(9)25-41(29-79)37(3)21-77(73)63(95)51(53(35)85)67(99)107-77/h11-20,25-28,37-40,47-48,55-60,69-70,79-92H,21-24,29-34H2,1-10H3/b17-11+,18-12+,19-15+,20-16+,35-13+,36-14+,49-46?,50-45?,53-51?,54-52?/t37-,38-,39-,40-,47-,48-,55+,56+,57+,58+,59-,60-,69+,70+,71-,72-,73-,74-,75-,76+,77-,78-/m1/s1. The van der Waals surface area contributed by atoms with Gasteiger partial charge in [-0.25, -0.2) is 19.2 Å². The van der Waals surface area contributed by atoms with Crippen LogP contribution in [0, 0.1) is 45.3 Å². The van der Waals surface area contributed by atoms with E-state index in [4.69, 9.17) is 37.9 Å². The second-order valence-corrected chi connectivity index (χ2v) is 31.0. The first-order valence-electron chi connectivity index (χ1n) is 35.5. The highest BCUT2D eigenvalue weighted by molar-refractivity contribution is 6.29. The summed E-state index contributed by atoms with van der Waals surface area (Å²) in [6.07, 6.45) is -0.393. The van der Waals surface area contributed by atoms with Gasteiger partial charge in [-0.3, -0.25) is 19.2 Å². The zero-order valence-electron chi connectivity index (χ0n) is 61.0. The molecule has 0 unspecified atom stereocenters. The molecule has 0 aromatic rings. The van der Waals surface area contributed by atoms with Gasteiger partial charge < -0.3 is 109 Å². The lowest BCUT2D eigenvalue weighted by Crippen LogP contribution is -2.59. The number of carbonyl (C=O) groups is 8. The van der Waals surface area contributed by atoms with Gasteiger partial charge in [0.15, 0.2) is 35.0 Å². The summed E-state index contributed by atoms with van der Waals surface area (Å²) < 4.78 is 47.6.